The lowest BCUT2D eigenvalue weighted by atomic mass is 9.69. The lowest BCUT2D eigenvalue weighted by Crippen LogP contribution is -2.64. The molecule has 0 amide bonds. The Hall–Kier alpha value is -5.08. The number of methoxy groups -OCH3 is 2. The van der Waals surface area contributed by atoms with Crippen molar-refractivity contribution in [3.63, 3.8) is 0 Å². The predicted octanol–water partition coefficient (Wildman–Crippen LogP) is 1.85. The summed E-state index contributed by atoms with van der Waals surface area (Å²) in [5, 5.41) is 67.7. The van der Waals surface area contributed by atoms with Crippen LogP contribution in [0.25, 0.3) is 22.6 Å². The van der Waals surface area contributed by atoms with E-state index in [0.717, 1.165) is 14.2 Å². The first-order chi connectivity index (χ1) is 21.7. The standard InChI is InChI=1S/C32H30O14/c1-11-9-15(33)21-25(37)19-17(45-31(21,27(11)39)29(41)43-3)7-5-13(23(19)35)14-6-8-18-20(24(14)36)26(38)22-16(34)10-12(2)28(40)32(22,46-18)30(42)44-4/h5-8,11-12,27-28,35-40H,9-10H2,1-4H3/t11?,12?,27?,28?,31-,32+. The summed E-state index contributed by atoms with van der Waals surface area (Å²) in [6.07, 6.45) is -3.72. The van der Waals surface area contributed by atoms with Gasteiger partial charge in [-0.2, -0.15) is 0 Å². The molecule has 14 nitrogen and oxygen atoms in total. The van der Waals surface area contributed by atoms with Crippen molar-refractivity contribution in [2.45, 2.75) is 50.1 Å². The minimum Gasteiger partial charge on any atom is -0.506 e. The van der Waals surface area contributed by atoms with Crippen molar-refractivity contribution in [3.8, 4) is 34.1 Å². The van der Waals surface area contributed by atoms with E-state index >= 15 is 0 Å². The number of aliphatic hydroxyl groups excluding tert-OH is 4. The van der Waals surface area contributed by atoms with Crippen LogP contribution in [0.15, 0.2) is 35.4 Å². The van der Waals surface area contributed by atoms with Crippen LogP contribution in [0.2, 0.25) is 0 Å². The van der Waals surface area contributed by atoms with Crippen molar-refractivity contribution in [2.24, 2.45) is 11.8 Å². The molecule has 0 aromatic heterocycles. The molecule has 2 saturated carbocycles. The highest BCUT2D eigenvalue weighted by Gasteiger charge is 2.64. The number of esters is 2. The average molecular weight is 639 g/mol. The number of aromatic hydroxyl groups is 2. The molecule has 0 spiro atoms. The van der Waals surface area contributed by atoms with Crippen molar-refractivity contribution in [1.29, 1.82) is 0 Å². The molecule has 242 valence electrons. The van der Waals surface area contributed by atoms with Gasteiger partial charge in [0.15, 0.2) is 11.6 Å². The van der Waals surface area contributed by atoms with Crippen LogP contribution in [0, 0.1) is 11.8 Å². The maximum absolute atomic E-state index is 13.2. The summed E-state index contributed by atoms with van der Waals surface area (Å²) in [6.45, 7) is 3.04. The number of phenols is 2. The third-order valence-corrected chi connectivity index (χ3v) is 9.26. The lowest BCUT2D eigenvalue weighted by Gasteiger charge is -2.45. The molecular formula is C32H30O14. The van der Waals surface area contributed by atoms with E-state index in [2.05, 4.69) is 0 Å². The highest BCUT2D eigenvalue weighted by Crippen LogP contribution is 2.55. The van der Waals surface area contributed by atoms with Gasteiger partial charge in [-0.25, -0.2) is 9.59 Å². The molecule has 2 aliphatic carbocycles. The van der Waals surface area contributed by atoms with Crippen LogP contribution in [0.3, 0.4) is 0 Å². The molecule has 2 aliphatic heterocycles. The van der Waals surface area contributed by atoms with Gasteiger partial charge in [0.05, 0.1) is 25.4 Å². The van der Waals surface area contributed by atoms with Crippen molar-refractivity contribution in [2.75, 3.05) is 14.2 Å². The number of Topliss-reactive ketones (excluding diaryl/α,β-unsaturated/α-hetero) is 2. The SMILES string of the molecule is COC(=O)[C@@]12Oc3ccc(-c4ccc5c(c4O)C(O)=C4C(=O)CC(C)C(O)[C@@]4(C(=O)OC)O5)c(O)c3C(O)=C1C(=O)CC(C)C2O. The number of carbonyl (C=O) groups excluding carboxylic acids is 4. The van der Waals surface area contributed by atoms with Gasteiger partial charge in [0.2, 0.25) is 0 Å². The zero-order chi connectivity index (χ0) is 33.6. The largest absolute Gasteiger partial charge is 0.506 e. The van der Waals surface area contributed by atoms with E-state index in [1.807, 2.05) is 0 Å². The van der Waals surface area contributed by atoms with E-state index in [9.17, 15) is 49.8 Å². The fraction of sp³-hybridized carbons (Fsp3) is 0.375. The number of benzene rings is 2. The Balaban J connectivity index is 1.55. The number of rotatable bonds is 3. The molecule has 0 bridgehead atoms. The molecule has 2 heterocycles. The number of hydrogen-bond acceptors (Lipinski definition) is 14. The molecule has 4 unspecified atom stereocenters. The second kappa shape index (κ2) is 10.2. The van der Waals surface area contributed by atoms with E-state index in [4.69, 9.17) is 18.9 Å². The van der Waals surface area contributed by atoms with E-state index in [-0.39, 0.29) is 35.5 Å². The maximum atomic E-state index is 13.2. The number of carbonyl (C=O) groups is 4. The summed E-state index contributed by atoms with van der Waals surface area (Å²) >= 11 is 0. The number of aliphatic hydroxyl groups is 4. The van der Waals surface area contributed by atoms with Crippen LogP contribution >= 0.6 is 0 Å². The van der Waals surface area contributed by atoms with Gasteiger partial charge in [0.25, 0.3) is 11.2 Å². The Kier molecular flexibility index (Phi) is 6.87. The van der Waals surface area contributed by atoms with Gasteiger partial charge >= 0.3 is 11.9 Å². The minimum absolute atomic E-state index is 0.163. The Bertz CT molecular complexity index is 1690. The molecular weight excluding hydrogens is 608 g/mol. The van der Waals surface area contributed by atoms with E-state index in [1.165, 1.54) is 38.1 Å². The first-order valence-corrected chi connectivity index (χ1v) is 14.3. The van der Waals surface area contributed by atoms with Crippen LogP contribution in [0.5, 0.6) is 23.0 Å². The van der Waals surface area contributed by atoms with Gasteiger partial charge < -0.3 is 49.6 Å². The first kappa shape index (κ1) is 30.9. The third kappa shape index (κ3) is 3.70. The average Bonchev–Trinajstić information content (AvgIpc) is 3.01. The number of phenolic OH excluding ortho intramolecular Hbond substituents is 2. The Morgan fingerprint density at radius 3 is 1.37 bits per heavy atom. The molecule has 6 rings (SSSR count). The van der Waals surface area contributed by atoms with Crippen molar-refractivity contribution in [3.05, 3.63) is 46.5 Å². The fourth-order valence-electron chi connectivity index (χ4n) is 7.00. The smallest absolute Gasteiger partial charge is 0.358 e. The lowest BCUT2D eigenvalue weighted by molar-refractivity contribution is -0.173. The van der Waals surface area contributed by atoms with Crippen LogP contribution in [-0.2, 0) is 28.7 Å². The van der Waals surface area contributed by atoms with Crippen molar-refractivity contribution in [1.82, 2.24) is 0 Å². The first-order valence-electron chi connectivity index (χ1n) is 14.3. The second-order valence-electron chi connectivity index (χ2n) is 11.9. The van der Waals surface area contributed by atoms with E-state index in [0.29, 0.717) is 0 Å². The summed E-state index contributed by atoms with van der Waals surface area (Å²) in [4.78, 5) is 52.3. The van der Waals surface area contributed by atoms with Gasteiger partial charge in [0.1, 0.15) is 57.9 Å². The Morgan fingerprint density at radius 1 is 0.696 bits per heavy atom. The predicted molar refractivity (Wildman–Crippen MR) is 155 cm³/mol. The topological polar surface area (TPSA) is 227 Å². The molecule has 14 heteroatoms. The van der Waals surface area contributed by atoms with E-state index < -0.39 is 104 Å². The number of hydrogen-bond donors (Lipinski definition) is 6. The van der Waals surface area contributed by atoms with Crippen molar-refractivity contribution < 1.29 is 68.8 Å². The summed E-state index contributed by atoms with van der Waals surface area (Å²) in [5.74, 6) is -9.01. The highest BCUT2D eigenvalue weighted by atomic mass is 16.6. The zero-order valence-electron chi connectivity index (χ0n) is 25.0. The molecule has 4 aliphatic rings. The van der Waals surface area contributed by atoms with Gasteiger partial charge in [-0.05, 0) is 36.1 Å². The molecule has 6 N–H and O–H groups in total. The van der Waals surface area contributed by atoms with Crippen LogP contribution < -0.4 is 9.47 Å². The van der Waals surface area contributed by atoms with Crippen LogP contribution in [-0.4, -0.2) is 91.8 Å². The van der Waals surface area contributed by atoms with Crippen molar-refractivity contribution >= 4 is 35.0 Å². The van der Waals surface area contributed by atoms with Gasteiger partial charge in [-0.3, -0.25) is 9.59 Å². The summed E-state index contributed by atoms with van der Waals surface area (Å²) in [5.41, 5.74) is -7.25. The minimum atomic E-state index is -2.42. The van der Waals surface area contributed by atoms with Crippen LogP contribution in [0.1, 0.15) is 37.8 Å². The van der Waals surface area contributed by atoms with Gasteiger partial charge in [-0.1, -0.05) is 13.8 Å². The molecule has 2 aromatic carbocycles. The quantitative estimate of drug-likeness (QED) is 0.264. The monoisotopic (exact) mass is 638 g/mol. The number of ketones is 2. The Labute approximate surface area is 260 Å². The molecule has 0 saturated heterocycles. The Morgan fingerprint density at radius 2 is 1.04 bits per heavy atom. The highest BCUT2D eigenvalue weighted by molar-refractivity contribution is 6.14. The molecule has 0 radical (unpaired) electrons. The maximum Gasteiger partial charge on any atom is 0.358 e. The van der Waals surface area contributed by atoms with E-state index in [1.54, 1.807) is 0 Å². The summed E-state index contributed by atoms with van der Waals surface area (Å²) in [7, 11) is 2.04. The third-order valence-electron chi connectivity index (χ3n) is 9.26. The number of fused-ring (bicyclic) bond motifs is 4. The fourth-order valence-corrected chi connectivity index (χ4v) is 7.00. The molecule has 2 aromatic rings. The van der Waals surface area contributed by atoms with Gasteiger partial charge in [-0.15, -0.1) is 0 Å². The molecule has 2 fully saturated rings. The number of ether oxygens (including phenoxy) is 4. The molecule has 6 atom stereocenters. The van der Waals surface area contributed by atoms with Gasteiger partial charge in [0, 0.05) is 24.0 Å². The zero-order valence-corrected chi connectivity index (χ0v) is 25.0. The summed E-state index contributed by atoms with van der Waals surface area (Å²) < 4.78 is 21.5. The van der Waals surface area contributed by atoms with Crippen LogP contribution in [0.4, 0.5) is 0 Å². The molecule has 46 heavy (non-hydrogen) atoms. The second-order valence-corrected chi connectivity index (χ2v) is 11.9. The summed E-state index contributed by atoms with van der Waals surface area (Å²) in [6, 6.07) is 4.92. The normalized spacial score (nSPS) is 29.9.